The minimum absolute atomic E-state index is 0.167. The second kappa shape index (κ2) is 6.51. The van der Waals surface area contributed by atoms with Crippen LogP contribution in [-0.2, 0) is 19.6 Å². The van der Waals surface area contributed by atoms with Crippen LogP contribution in [0.1, 0.15) is 28.1 Å². The van der Waals surface area contributed by atoms with Gasteiger partial charge in [0.2, 0.25) is 0 Å². The second-order valence-corrected chi connectivity index (χ2v) is 4.76. The summed E-state index contributed by atoms with van der Waals surface area (Å²) < 4.78 is 5.27. The zero-order chi connectivity index (χ0) is 15.4. The molecule has 0 saturated carbocycles. The molecule has 0 spiro atoms. The first-order valence-electron chi connectivity index (χ1n) is 6.57. The van der Waals surface area contributed by atoms with E-state index in [-0.39, 0.29) is 13.2 Å². The average molecular weight is 289 g/mol. The van der Waals surface area contributed by atoms with Gasteiger partial charge in [-0.3, -0.25) is 0 Å². The fraction of sp³-hybridized carbons (Fsp3) is 0.333. The normalized spacial score (nSPS) is 10.7. The van der Waals surface area contributed by atoms with Crippen molar-refractivity contribution in [3.05, 3.63) is 46.4 Å². The maximum atomic E-state index is 9.43. The highest BCUT2D eigenvalue weighted by Gasteiger charge is 2.12. The maximum Gasteiger partial charge on any atom is 0.130 e. The van der Waals surface area contributed by atoms with Crippen molar-refractivity contribution in [2.75, 3.05) is 12.8 Å². The van der Waals surface area contributed by atoms with Crippen LogP contribution in [0.3, 0.4) is 0 Å². The van der Waals surface area contributed by atoms with Crippen molar-refractivity contribution in [1.29, 1.82) is 0 Å². The van der Waals surface area contributed by atoms with Crippen LogP contribution in [0.5, 0.6) is 5.75 Å². The Labute approximate surface area is 123 Å². The Hall–Kier alpha value is -2.18. The predicted octanol–water partition coefficient (Wildman–Crippen LogP) is 0.951. The summed E-state index contributed by atoms with van der Waals surface area (Å²) in [6, 6.07) is 3.65. The number of aryl methyl sites for hydroxylation is 1. The number of aliphatic hydroxyl groups excluding tert-OH is 2. The molecular weight excluding hydrogens is 270 g/mol. The van der Waals surface area contributed by atoms with Gasteiger partial charge in [0.1, 0.15) is 17.4 Å². The number of ether oxygens (including phenoxy) is 1. The van der Waals surface area contributed by atoms with Crippen LogP contribution in [-0.4, -0.2) is 27.3 Å². The number of hydrogen-bond acceptors (Lipinski definition) is 6. The van der Waals surface area contributed by atoms with Gasteiger partial charge in [0, 0.05) is 23.7 Å². The van der Waals surface area contributed by atoms with Crippen LogP contribution in [0.25, 0.3) is 0 Å². The quantitative estimate of drug-likeness (QED) is 0.757. The molecule has 21 heavy (non-hydrogen) atoms. The van der Waals surface area contributed by atoms with Gasteiger partial charge < -0.3 is 20.7 Å². The second-order valence-electron chi connectivity index (χ2n) is 4.76. The fourth-order valence-corrected chi connectivity index (χ4v) is 2.24. The van der Waals surface area contributed by atoms with Crippen LogP contribution >= 0.6 is 0 Å². The first kappa shape index (κ1) is 15.2. The summed E-state index contributed by atoms with van der Waals surface area (Å²) in [7, 11) is 1.53. The van der Waals surface area contributed by atoms with E-state index in [1.54, 1.807) is 13.1 Å². The zero-order valence-corrected chi connectivity index (χ0v) is 12.1. The summed E-state index contributed by atoms with van der Waals surface area (Å²) in [5, 5.41) is 18.8. The van der Waals surface area contributed by atoms with Crippen molar-refractivity contribution in [1.82, 2.24) is 9.97 Å². The lowest BCUT2D eigenvalue weighted by Crippen LogP contribution is -2.04. The lowest BCUT2D eigenvalue weighted by molar-refractivity contribution is 0.254. The van der Waals surface area contributed by atoms with Gasteiger partial charge in [-0.15, -0.1) is 0 Å². The molecule has 2 rings (SSSR count). The number of hydrogen-bond donors (Lipinski definition) is 3. The topological polar surface area (TPSA) is 101 Å². The van der Waals surface area contributed by atoms with Crippen molar-refractivity contribution >= 4 is 5.82 Å². The molecule has 112 valence electrons. The van der Waals surface area contributed by atoms with Gasteiger partial charge in [-0.1, -0.05) is 6.07 Å². The van der Waals surface area contributed by atoms with E-state index in [4.69, 9.17) is 10.5 Å². The highest BCUT2D eigenvalue weighted by Crippen LogP contribution is 2.27. The standard InChI is InChI=1S/C15H19N3O3/c1-9-17-6-11(15(16)18-9)3-10-4-12(7-19)13(8-20)14(5-10)21-2/h4-6,19-20H,3,7-8H2,1-2H3,(H2,16,17,18). The highest BCUT2D eigenvalue weighted by molar-refractivity contribution is 5.47. The number of nitrogens with zero attached hydrogens (tertiary/aromatic N) is 2. The van der Waals surface area contributed by atoms with Gasteiger partial charge in [-0.05, 0) is 24.1 Å². The SMILES string of the molecule is COc1cc(Cc2cnc(C)nc2N)cc(CO)c1CO. The minimum atomic E-state index is -0.185. The molecule has 0 amide bonds. The van der Waals surface area contributed by atoms with E-state index < -0.39 is 0 Å². The molecule has 6 heteroatoms. The summed E-state index contributed by atoms with van der Waals surface area (Å²) in [4.78, 5) is 8.28. The Kier molecular flexibility index (Phi) is 4.72. The molecular formula is C15H19N3O3. The number of nitrogens with two attached hydrogens (primary N) is 1. The lowest BCUT2D eigenvalue weighted by atomic mass is 9.99. The van der Waals surface area contributed by atoms with Crippen LogP contribution in [0.2, 0.25) is 0 Å². The Morgan fingerprint density at radius 2 is 1.95 bits per heavy atom. The largest absolute Gasteiger partial charge is 0.496 e. The van der Waals surface area contributed by atoms with Crippen molar-refractivity contribution in [3.8, 4) is 5.75 Å². The Bertz CT molecular complexity index is 619. The molecule has 0 radical (unpaired) electrons. The first-order chi connectivity index (χ1) is 10.1. The molecule has 1 heterocycles. The molecule has 1 aromatic heterocycles. The molecule has 0 saturated heterocycles. The molecule has 6 nitrogen and oxygen atoms in total. The van der Waals surface area contributed by atoms with Crippen LogP contribution in [0, 0.1) is 6.92 Å². The third kappa shape index (κ3) is 3.29. The van der Waals surface area contributed by atoms with E-state index in [9.17, 15) is 10.2 Å². The number of anilines is 1. The number of aliphatic hydroxyl groups is 2. The minimum Gasteiger partial charge on any atom is -0.496 e. The molecule has 0 aliphatic rings. The lowest BCUT2D eigenvalue weighted by Gasteiger charge is -2.14. The first-order valence-corrected chi connectivity index (χ1v) is 6.57. The van der Waals surface area contributed by atoms with E-state index in [0.29, 0.717) is 34.9 Å². The van der Waals surface area contributed by atoms with Crippen molar-refractivity contribution < 1.29 is 14.9 Å². The van der Waals surface area contributed by atoms with Gasteiger partial charge in [0.25, 0.3) is 0 Å². The van der Waals surface area contributed by atoms with Gasteiger partial charge >= 0.3 is 0 Å². The third-order valence-corrected chi connectivity index (χ3v) is 3.32. The number of rotatable bonds is 5. The summed E-state index contributed by atoms with van der Waals surface area (Å²) in [5.41, 5.74) is 8.84. The molecule has 0 unspecified atom stereocenters. The van der Waals surface area contributed by atoms with Crippen molar-refractivity contribution in [2.45, 2.75) is 26.6 Å². The van der Waals surface area contributed by atoms with Crippen molar-refractivity contribution in [2.24, 2.45) is 0 Å². The maximum absolute atomic E-state index is 9.43. The highest BCUT2D eigenvalue weighted by atomic mass is 16.5. The summed E-state index contributed by atoms with van der Waals surface area (Å²) >= 11 is 0. The van der Waals surface area contributed by atoms with Gasteiger partial charge in [-0.2, -0.15) is 0 Å². The van der Waals surface area contributed by atoms with Gasteiger partial charge in [-0.25, -0.2) is 9.97 Å². The van der Waals surface area contributed by atoms with Crippen LogP contribution in [0.4, 0.5) is 5.82 Å². The number of benzene rings is 1. The van der Waals surface area contributed by atoms with Crippen LogP contribution in [0.15, 0.2) is 18.3 Å². The molecule has 0 aliphatic carbocycles. The Balaban J connectivity index is 2.40. The van der Waals surface area contributed by atoms with E-state index in [1.807, 2.05) is 12.1 Å². The molecule has 0 fully saturated rings. The van der Waals surface area contributed by atoms with Gasteiger partial charge in [0.15, 0.2) is 0 Å². The van der Waals surface area contributed by atoms with E-state index in [1.165, 1.54) is 7.11 Å². The Morgan fingerprint density at radius 3 is 2.52 bits per heavy atom. The Morgan fingerprint density at radius 1 is 1.19 bits per heavy atom. The molecule has 0 atom stereocenters. The summed E-state index contributed by atoms with van der Waals surface area (Å²) in [5.74, 6) is 1.62. The summed E-state index contributed by atoms with van der Waals surface area (Å²) in [6.07, 6.45) is 2.23. The predicted molar refractivity (Wildman–Crippen MR) is 78.8 cm³/mol. The number of nitrogen functional groups attached to an aromatic ring is 1. The van der Waals surface area contributed by atoms with Gasteiger partial charge in [0.05, 0.1) is 20.3 Å². The smallest absolute Gasteiger partial charge is 0.130 e. The van der Waals surface area contributed by atoms with Crippen molar-refractivity contribution in [3.63, 3.8) is 0 Å². The summed E-state index contributed by atoms with van der Waals surface area (Å²) in [6.45, 7) is 1.43. The third-order valence-electron chi connectivity index (χ3n) is 3.32. The zero-order valence-electron chi connectivity index (χ0n) is 12.1. The molecule has 0 bridgehead atoms. The van der Waals surface area contributed by atoms with E-state index in [0.717, 1.165) is 11.1 Å². The van der Waals surface area contributed by atoms with E-state index in [2.05, 4.69) is 9.97 Å². The molecule has 2 aromatic rings. The van der Waals surface area contributed by atoms with E-state index >= 15 is 0 Å². The average Bonchev–Trinajstić information content (AvgIpc) is 2.49. The molecule has 4 N–H and O–H groups in total. The number of methoxy groups -OCH3 is 1. The fourth-order valence-electron chi connectivity index (χ4n) is 2.24. The monoisotopic (exact) mass is 289 g/mol. The molecule has 0 aliphatic heterocycles. The van der Waals surface area contributed by atoms with Crippen LogP contribution < -0.4 is 10.5 Å². The molecule has 1 aromatic carbocycles. The number of aromatic nitrogens is 2.